The topological polar surface area (TPSA) is 145 Å². The molecule has 0 aliphatic carbocycles. The van der Waals surface area contributed by atoms with Crippen LogP contribution in [0.5, 0.6) is 0 Å². The van der Waals surface area contributed by atoms with Crippen molar-refractivity contribution in [3.63, 3.8) is 0 Å². The van der Waals surface area contributed by atoms with Gasteiger partial charge in [-0.25, -0.2) is 9.18 Å². The Hall–Kier alpha value is -2.17. The Kier molecular flexibility index (Phi) is 4.33. The van der Waals surface area contributed by atoms with Gasteiger partial charge in [0.25, 0.3) is 0 Å². The second-order valence-electron chi connectivity index (χ2n) is 5.42. The molecular weight excluding hydrogens is 313 g/mol. The number of halogens is 1. The Labute approximate surface area is 129 Å². The lowest BCUT2D eigenvalue weighted by atomic mass is 9.86. The van der Waals surface area contributed by atoms with Crippen molar-refractivity contribution in [1.29, 1.82) is 0 Å². The van der Waals surface area contributed by atoms with Crippen molar-refractivity contribution in [3.05, 3.63) is 22.5 Å². The van der Waals surface area contributed by atoms with Gasteiger partial charge in [-0.2, -0.15) is 4.98 Å². The highest BCUT2D eigenvalue weighted by molar-refractivity contribution is 5.88. The molecule has 2 heterocycles. The van der Waals surface area contributed by atoms with Crippen LogP contribution in [0.1, 0.15) is 26.5 Å². The minimum absolute atomic E-state index is 0.456. The summed E-state index contributed by atoms with van der Waals surface area (Å²) in [4.78, 5) is 38.1. The lowest BCUT2D eigenvalue weighted by Gasteiger charge is -2.27. The van der Waals surface area contributed by atoms with E-state index in [4.69, 9.17) is 10.5 Å². The van der Waals surface area contributed by atoms with E-state index in [2.05, 4.69) is 4.98 Å². The van der Waals surface area contributed by atoms with E-state index in [1.807, 2.05) is 0 Å². The minimum Gasteiger partial charge on any atom is -0.382 e. The number of hydrogen-bond donors (Lipinski definition) is 3. The summed E-state index contributed by atoms with van der Waals surface area (Å²) in [6, 6.07) is 0. The van der Waals surface area contributed by atoms with Crippen molar-refractivity contribution < 1.29 is 28.9 Å². The zero-order chi connectivity index (χ0) is 17.5. The number of nitrogen functional groups attached to an aromatic ring is 1. The largest absolute Gasteiger partial charge is 0.382 e. The van der Waals surface area contributed by atoms with Gasteiger partial charge in [0.1, 0.15) is 18.4 Å². The maximum absolute atomic E-state index is 13.5. The quantitative estimate of drug-likeness (QED) is 0.606. The summed E-state index contributed by atoms with van der Waals surface area (Å²) in [5, 5.41) is 20.3. The first-order valence-electron chi connectivity index (χ1n) is 6.69. The smallest absolute Gasteiger partial charge is 0.351 e. The number of aromatic nitrogens is 2. The van der Waals surface area contributed by atoms with E-state index < -0.39 is 59.3 Å². The molecule has 1 aliphatic heterocycles. The molecule has 1 aromatic rings. The van der Waals surface area contributed by atoms with E-state index in [1.54, 1.807) is 0 Å². The highest BCUT2D eigenvalue weighted by Crippen LogP contribution is 2.38. The molecule has 4 N–H and O–H groups in total. The number of aliphatic hydroxyl groups excluding tert-OH is 1. The van der Waals surface area contributed by atoms with Gasteiger partial charge in [-0.15, -0.1) is 0 Å². The van der Waals surface area contributed by atoms with Crippen molar-refractivity contribution in [3.8, 4) is 0 Å². The number of carbonyl (C=O) groups is 2. The third-order valence-electron chi connectivity index (χ3n) is 3.82. The van der Waals surface area contributed by atoms with Crippen molar-refractivity contribution >= 4 is 17.4 Å². The second-order valence-corrected chi connectivity index (χ2v) is 5.42. The van der Waals surface area contributed by atoms with E-state index >= 15 is 0 Å². The third kappa shape index (κ3) is 2.87. The molecule has 0 saturated carbocycles. The van der Waals surface area contributed by atoms with Crippen LogP contribution in [0, 0.1) is 5.82 Å². The number of ketones is 2. The first kappa shape index (κ1) is 17.2. The van der Waals surface area contributed by atoms with E-state index in [-0.39, 0.29) is 0 Å². The summed E-state index contributed by atoms with van der Waals surface area (Å²) in [5.74, 6) is -3.09. The maximum atomic E-state index is 13.5. The SMILES string of the molecule is CC(=O)C(O)[C@H]1O[C@@H](n2cc(F)c(N)nc2=O)C[C@@]1(O)C(C)=O. The van der Waals surface area contributed by atoms with Gasteiger partial charge < -0.3 is 20.7 Å². The molecule has 0 bridgehead atoms. The lowest BCUT2D eigenvalue weighted by Crippen LogP contribution is -2.52. The zero-order valence-corrected chi connectivity index (χ0v) is 12.4. The molecule has 0 radical (unpaired) electrons. The Morgan fingerprint density at radius 2 is 2.17 bits per heavy atom. The van der Waals surface area contributed by atoms with Crippen LogP contribution in [0.2, 0.25) is 0 Å². The summed E-state index contributed by atoms with van der Waals surface area (Å²) in [6.45, 7) is 2.11. The van der Waals surface area contributed by atoms with Gasteiger partial charge in [-0.1, -0.05) is 0 Å². The zero-order valence-electron chi connectivity index (χ0n) is 12.4. The van der Waals surface area contributed by atoms with Crippen LogP contribution < -0.4 is 11.4 Å². The molecule has 4 atom stereocenters. The number of nitrogens with zero attached hydrogens (tertiary/aromatic N) is 2. The van der Waals surface area contributed by atoms with Crippen LogP contribution in [0.4, 0.5) is 10.2 Å². The van der Waals surface area contributed by atoms with E-state index in [0.717, 1.165) is 20.0 Å². The van der Waals surface area contributed by atoms with Gasteiger partial charge in [-0.05, 0) is 13.8 Å². The van der Waals surface area contributed by atoms with Gasteiger partial charge in [0.15, 0.2) is 28.8 Å². The normalized spacial score (nSPS) is 28.6. The van der Waals surface area contributed by atoms with Crippen molar-refractivity contribution in [2.75, 3.05) is 5.73 Å². The van der Waals surface area contributed by atoms with E-state index in [0.29, 0.717) is 4.57 Å². The van der Waals surface area contributed by atoms with Crippen LogP contribution in [0.3, 0.4) is 0 Å². The summed E-state index contributed by atoms with van der Waals surface area (Å²) in [7, 11) is 0. The molecule has 9 nitrogen and oxygen atoms in total. The summed E-state index contributed by atoms with van der Waals surface area (Å²) in [5.41, 5.74) is 2.01. The van der Waals surface area contributed by atoms with Crippen LogP contribution in [-0.2, 0) is 14.3 Å². The van der Waals surface area contributed by atoms with Gasteiger partial charge in [-0.3, -0.25) is 14.2 Å². The van der Waals surface area contributed by atoms with E-state index in [9.17, 15) is 29.0 Å². The van der Waals surface area contributed by atoms with Crippen molar-refractivity contribution in [2.45, 2.75) is 44.3 Å². The molecule has 2 rings (SSSR count). The van der Waals surface area contributed by atoms with Gasteiger partial charge in [0.05, 0.1) is 6.20 Å². The number of anilines is 1. The molecule has 1 aliphatic rings. The van der Waals surface area contributed by atoms with Crippen molar-refractivity contribution in [1.82, 2.24) is 9.55 Å². The molecule has 10 heteroatoms. The molecule has 1 saturated heterocycles. The second kappa shape index (κ2) is 5.80. The van der Waals surface area contributed by atoms with Gasteiger partial charge >= 0.3 is 5.69 Å². The molecular formula is C13H16FN3O6. The number of aliphatic hydroxyl groups is 2. The fourth-order valence-electron chi connectivity index (χ4n) is 2.43. The Balaban J connectivity index is 2.45. The Morgan fingerprint density at radius 1 is 1.57 bits per heavy atom. The van der Waals surface area contributed by atoms with Crippen LogP contribution in [0.25, 0.3) is 0 Å². The Morgan fingerprint density at radius 3 is 2.70 bits per heavy atom. The fraction of sp³-hybridized carbons (Fsp3) is 0.538. The molecule has 1 aromatic heterocycles. The number of rotatable bonds is 4. The Bertz CT molecular complexity index is 720. The number of Topliss-reactive ketones (excluding diaryl/α,β-unsaturated/α-hetero) is 2. The molecule has 1 unspecified atom stereocenters. The van der Waals surface area contributed by atoms with Gasteiger partial charge in [0, 0.05) is 6.42 Å². The molecule has 0 amide bonds. The van der Waals surface area contributed by atoms with Crippen molar-refractivity contribution in [2.24, 2.45) is 0 Å². The van der Waals surface area contributed by atoms with Crippen LogP contribution >= 0.6 is 0 Å². The average Bonchev–Trinajstić information content (AvgIpc) is 2.81. The number of ether oxygens (including phenoxy) is 1. The first-order valence-corrected chi connectivity index (χ1v) is 6.69. The summed E-state index contributed by atoms with van der Waals surface area (Å²) >= 11 is 0. The van der Waals surface area contributed by atoms with E-state index in [1.165, 1.54) is 0 Å². The number of carbonyl (C=O) groups excluding carboxylic acids is 2. The molecule has 126 valence electrons. The molecule has 1 fully saturated rings. The first-order chi connectivity index (χ1) is 10.6. The average molecular weight is 329 g/mol. The van der Waals surface area contributed by atoms with Crippen LogP contribution in [-0.4, -0.2) is 49.1 Å². The highest BCUT2D eigenvalue weighted by atomic mass is 19.1. The third-order valence-corrected chi connectivity index (χ3v) is 3.82. The maximum Gasteiger partial charge on any atom is 0.351 e. The fourth-order valence-corrected chi connectivity index (χ4v) is 2.43. The summed E-state index contributed by atoms with van der Waals surface area (Å²) < 4.78 is 19.5. The molecule has 0 spiro atoms. The molecule has 23 heavy (non-hydrogen) atoms. The lowest BCUT2D eigenvalue weighted by molar-refractivity contribution is -0.158. The standard InChI is InChI=1S/C13H16FN3O6/c1-5(18)9(20)10-13(22,6(2)19)3-8(23-10)17-4-7(14)11(15)16-12(17)21/h4,8-10,20,22H,3H2,1-2H3,(H2,15,16,21)/t8-,9?,10-,13-/m1/s1. The predicted molar refractivity (Wildman–Crippen MR) is 73.7 cm³/mol. The summed E-state index contributed by atoms with van der Waals surface area (Å²) in [6.07, 6.45) is -4.40. The minimum atomic E-state index is -2.20. The highest BCUT2D eigenvalue weighted by Gasteiger charge is 2.55. The number of hydrogen-bond acceptors (Lipinski definition) is 8. The monoisotopic (exact) mass is 329 g/mol. The van der Waals surface area contributed by atoms with Crippen LogP contribution in [0.15, 0.2) is 11.0 Å². The van der Waals surface area contributed by atoms with Gasteiger partial charge in [0.2, 0.25) is 0 Å². The predicted octanol–water partition coefficient (Wildman–Crippen LogP) is -1.48. The number of nitrogens with two attached hydrogens (primary N) is 1. The molecule has 0 aromatic carbocycles.